The quantitative estimate of drug-likeness (QED) is 0.775. The Balaban J connectivity index is 1.47. The Hall–Kier alpha value is -2.28. The average Bonchev–Trinajstić information content (AvgIpc) is 2.59. The fourth-order valence-electron chi connectivity index (χ4n) is 6.89. The van der Waals surface area contributed by atoms with Gasteiger partial charge < -0.3 is 5.32 Å². The zero-order valence-corrected chi connectivity index (χ0v) is 16.4. The first-order valence-electron chi connectivity index (χ1n) is 9.29. The van der Waals surface area contributed by atoms with Crippen LogP contribution < -0.4 is 10.0 Å². The standard InChI is InChI=1S/C19H18F3N3O3S/c1-8-13-15-14-11(6-17(13,14)7-23)18(8,15)24-16(26)10-5-9(19(20,21)22)3-4-12(10)25-29(2,27)28/h3-5,8,11,13-15,25H,6H2,1-2H3,(H,24,26). The maximum absolute atomic E-state index is 13.2. The van der Waals surface area contributed by atoms with Crippen LogP contribution in [0.5, 0.6) is 0 Å². The van der Waals surface area contributed by atoms with Gasteiger partial charge in [0.1, 0.15) is 0 Å². The van der Waals surface area contributed by atoms with Crippen molar-refractivity contribution in [3.63, 3.8) is 0 Å². The number of nitriles is 1. The second kappa shape index (κ2) is 5.06. The van der Waals surface area contributed by atoms with Gasteiger partial charge in [-0.05, 0) is 54.2 Å². The van der Waals surface area contributed by atoms with Gasteiger partial charge in [-0.25, -0.2) is 8.42 Å². The van der Waals surface area contributed by atoms with Gasteiger partial charge in [0.15, 0.2) is 0 Å². The number of nitrogens with zero attached hydrogens (tertiary/aromatic N) is 1. The molecular formula is C19H18F3N3O3S. The number of nitrogens with one attached hydrogen (secondary N) is 2. The van der Waals surface area contributed by atoms with Gasteiger partial charge in [0.25, 0.3) is 5.91 Å². The highest BCUT2D eigenvalue weighted by Gasteiger charge is 2.96. The van der Waals surface area contributed by atoms with Gasteiger partial charge in [-0.3, -0.25) is 9.52 Å². The van der Waals surface area contributed by atoms with Crippen molar-refractivity contribution < 1.29 is 26.4 Å². The first kappa shape index (κ1) is 18.7. The summed E-state index contributed by atoms with van der Waals surface area (Å²) >= 11 is 0. The largest absolute Gasteiger partial charge is 0.416 e. The van der Waals surface area contributed by atoms with Crippen LogP contribution in [0.25, 0.3) is 0 Å². The predicted octanol–water partition coefficient (Wildman–Crippen LogP) is 2.60. The van der Waals surface area contributed by atoms with E-state index >= 15 is 0 Å². The van der Waals surface area contributed by atoms with Crippen molar-refractivity contribution in [2.75, 3.05) is 11.0 Å². The molecule has 0 radical (unpaired) electrons. The molecule has 4 aliphatic carbocycles. The predicted molar refractivity (Wildman–Crippen MR) is 95.9 cm³/mol. The van der Waals surface area contributed by atoms with Crippen LogP contribution in [0.15, 0.2) is 18.2 Å². The van der Waals surface area contributed by atoms with Gasteiger partial charge in [0, 0.05) is 5.54 Å². The van der Waals surface area contributed by atoms with Crippen LogP contribution in [0.1, 0.15) is 29.3 Å². The van der Waals surface area contributed by atoms with Gasteiger partial charge in [-0.15, -0.1) is 0 Å². The number of alkyl halides is 3. The lowest BCUT2D eigenvalue weighted by Crippen LogP contribution is -3.00. The van der Waals surface area contributed by atoms with E-state index in [-0.39, 0.29) is 46.3 Å². The molecule has 0 aromatic heterocycles. The molecule has 1 amide bonds. The van der Waals surface area contributed by atoms with E-state index in [4.69, 9.17) is 0 Å². The smallest absolute Gasteiger partial charge is 0.346 e. The summed E-state index contributed by atoms with van der Waals surface area (Å²) in [5.41, 5.74) is -2.35. The van der Waals surface area contributed by atoms with E-state index in [1.807, 2.05) is 6.92 Å². The molecule has 4 aliphatic rings. The molecule has 10 heteroatoms. The molecule has 29 heavy (non-hydrogen) atoms. The fourth-order valence-corrected chi connectivity index (χ4v) is 7.47. The Labute approximate surface area is 165 Å². The number of hydrogen-bond acceptors (Lipinski definition) is 4. The van der Waals surface area contributed by atoms with Crippen molar-refractivity contribution in [1.29, 1.82) is 5.26 Å². The number of anilines is 1. The molecule has 1 aromatic rings. The molecular weight excluding hydrogens is 407 g/mol. The van der Waals surface area contributed by atoms with Crippen molar-refractivity contribution in [3.05, 3.63) is 29.3 Å². The first-order chi connectivity index (χ1) is 13.4. The second-order valence-corrected chi connectivity index (χ2v) is 10.6. The third-order valence-corrected chi connectivity index (χ3v) is 8.43. The molecule has 5 rings (SSSR count). The molecule has 1 aromatic carbocycles. The highest BCUT2D eigenvalue weighted by atomic mass is 32.2. The van der Waals surface area contributed by atoms with Crippen molar-refractivity contribution in [2.45, 2.75) is 25.1 Å². The Morgan fingerprint density at radius 2 is 1.97 bits per heavy atom. The van der Waals surface area contributed by atoms with Crippen LogP contribution in [-0.2, 0) is 16.2 Å². The molecule has 7 atom stereocenters. The van der Waals surface area contributed by atoms with Gasteiger partial charge in [-0.1, -0.05) is 6.92 Å². The van der Waals surface area contributed by atoms with Crippen molar-refractivity contribution in [1.82, 2.24) is 5.32 Å². The van der Waals surface area contributed by atoms with E-state index in [2.05, 4.69) is 16.1 Å². The topological polar surface area (TPSA) is 99.1 Å². The number of sulfonamides is 1. The number of amides is 1. The molecule has 0 aliphatic heterocycles. The van der Waals surface area contributed by atoms with Crippen molar-refractivity contribution in [2.24, 2.45) is 35.0 Å². The summed E-state index contributed by atoms with van der Waals surface area (Å²) in [4.78, 5) is 13.0. The van der Waals surface area contributed by atoms with Crippen molar-refractivity contribution in [3.8, 4) is 6.07 Å². The van der Waals surface area contributed by atoms with Gasteiger partial charge >= 0.3 is 6.18 Å². The second-order valence-electron chi connectivity index (χ2n) is 8.85. The minimum Gasteiger partial charge on any atom is -0.346 e. The number of carbonyl (C=O) groups is 1. The highest BCUT2D eigenvalue weighted by molar-refractivity contribution is 7.92. The van der Waals surface area contributed by atoms with Crippen LogP contribution in [0, 0.1) is 46.3 Å². The number of hydrogen-bond donors (Lipinski definition) is 2. The molecule has 4 saturated carbocycles. The zero-order valence-electron chi connectivity index (χ0n) is 15.5. The molecule has 0 saturated heterocycles. The van der Waals surface area contributed by atoms with E-state index in [0.29, 0.717) is 12.5 Å². The molecule has 6 nitrogen and oxygen atoms in total. The zero-order chi connectivity index (χ0) is 21.1. The number of fused-ring (bicyclic) bond motifs is 2. The number of rotatable bonds is 4. The molecule has 7 unspecified atom stereocenters. The van der Waals surface area contributed by atoms with E-state index < -0.39 is 33.2 Å². The molecule has 4 fully saturated rings. The average molecular weight is 425 g/mol. The summed E-state index contributed by atoms with van der Waals surface area (Å²) in [7, 11) is -3.79. The summed E-state index contributed by atoms with van der Waals surface area (Å²) in [6, 6.07) is 4.82. The summed E-state index contributed by atoms with van der Waals surface area (Å²) < 4.78 is 64.8. The lowest BCUT2D eigenvalue weighted by atomic mass is 9.09. The third kappa shape index (κ3) is 2.02. The number of benzene rings is 1. The lowest BCUT2D eigenvalue weighted by molar-refractivity contribution is -0.450. The van der Waals surface area contributed by atoms with Gasteiger partial charge in [-0.2, -0.15) is 18.4 Å². The van der Waals surface area contributed by atoms with E-state index in [9.17, 15) is 31.6 Å². The Kier molecular flexibility index (Phi) is 3.27. The van der Waals surface area contributed by atoms with Gasteiger partial charge in [0.05, 0.1) is 34.6 Å². The fraction of sp³-hybridized carbons (Fsp3) is 0.579. The van der Waals surface area contributed by atoms with Crippen LogP contribution >= 0.6 is 0 Å². The van der Waals surface area contributed by atoms with Gasteiger partial charge in [0.2, 0.25) is 10.0 Å². The Morgan fingerprint density at radius 3 is 2.45 bits per heavy atom. The molecule has 0 heterocycles. The summed E-state index contributed by atoms with van der Waals surface area (Å²) in [6.45, 7) is 1.97. The van der Waals surface area contributed by atoms with E-state index in [0.717, 1.165) is 18.4 Å². The highest BCUT2D eigenvalue weighted by Crippen LogP contribution is 2.92. The van der Waals surface area contributed by atoms with Crippen LogP contribution in [0.2, 0.25) is 0 Å². The van der Waals surface area contributed by atoms with E-state index in [1.54, 1.807) is 0 Å². The number of halogens is 3. The summed E-state index contributed by atoms with van der Waals surface area (Å²) in [5.74, 6) is 0.177. The normalized spacial score (nSPS) is 40.8. The minimum absolute atomic E-state index is 0.0666. The molecule has 0 spiro atoms. The maximum atomic E-state index is 13.2. The maximum Gasteiger partial charge on any atom is 0.416 e. The Morgan fingerprint density at radius 1 is 1.28 bits per heavy atom. The summed E-state index contributed by atoms with van der Waals surface area (Å²) in [5, 5.41) is 12.4. The molecule has 2 N–H and O–H groups in total. The third-order valence-electron chi connectivity index (χ3n) is 7.84. The summed E-state index contributed by atoms with van der Waals surface area (Å²) in [6.07, 6.45) is -3.09. The lowest BCUT2D eigenvalue weighted by Gasteiger charge is -2.95. The molecule has 154 valence electrons. The Bertz CT molecular complexity index is 1090. The minimum atomic E-state index is -4.66. The molecule has 0 bridgehead atoms. The van der Waals surface area contributed by atoms with Crippen molar-refractivity contribution >= 4 is 21.6 Å². The number of carbonyl (C=O) groups excluding carboxylic acids is 1. The van der Waals surface area contributed by atoms with Crippen LogP contribution in [-0.4, -0.2) is 26.1 Å². The van der Waals surface area contributed by atoms with Crippen LogP contribution in [0.4, 0.5) is 18.9 Å². The first-order valence-corrected chi connectivity index (χ1v) is 11.2. The van der Waals surface area contributed by atoms with Crippen LogP contribution in [0.3, 0.4) is 0 Å². The van der Waals surface area contributed by atoms with E-state index in [1.165, 1.54) is 0 Å². The SMILES string of the molecule is CC1C2C3C4C(CC24C#N)C13NC(=O)c1cc(C(F)(F)F)ccc1NS(C)(=O)=O. The monoisotopic (exact) mass is 425 g/mol.